The topological polar surface area (TPSA) is 9.23 Å². The molecule has 0 heterocycles. The van der Waals surface area contributed by atoms with Crippen LogP contribution in [0.1, 0.15) is 27.7 Å². The van der Waals surface area contributed by atoms with Crippen molar-refractivity contribution in [3.05, 3.63) is 0 Å². The third-order valence-corrected chi connectivity index (χ3v) is 1.57. The predicted molar refractivity (Wildman–Crippen MR) is 37.1 cm³/mol. The van der Waals surface area contributed by atoms with Crippen molar-refractivity contribution in [3.63, 3.8) is 0 Å². The molecule has 2 radical (unpaired) electrons. The van der Waals surface area contributed by atoms with Gasteiger partial charge in [0.25, 0.3) is 0 Å². The van der Waals surface area contributed by atoms with E-state index in [2.05, 4.69) is 20.8 Å². The normalized spacial score (nSPS) is 12.0. The first-order valence-electron chi connectivity index (χ1n) is 2.95. The maximum atomic E-state index is 5.23. The molecule has 0 unspecified atom stereocenters. The van der Waals surface area contributed by atoms with Gasteiger partial charge in [0, 0.05) is 6.61 Å². The van der Waals surface area contributed by atoms with E-state index >= 15 is 0 Å². The highest BCUT2D eigenvalue weighted by Gasteiger charge is 2.11. The molecule has 1 nitrogen and oxygen atoms in total. The minimum absolute atomic E-state index is 0.357. The summed E-state index contributed by atoms with van der Waals surface area (Å²) in [6, 6.07) is 0. The molecule has 0 aliphatic rings. The van der Waals surface area contributed by atoms with Gasteiger partial charge in [0.15, 0.2) is 0 Å². The molecule has 2 heteroatoms. The highest BCUT2D eigenvalue weighted by Crippen LogP contribution is 2.19. The van der Waals surface area contributed by atoms with Crippen molar-refractivity contribution >= 4 is 9.76 Å². The van der Waals surface area contributed by atoms with Gasteiger partial charge in [-0.15, -0.1) is 0 Å². The third kappa shape index (κ3) is 6.18. The van der Waals surface area contributed by atoms with Gasteiger partial charge in [0.05, 0.1) is 0 Å². The van der Waals surface area contributed by atoms with Crippen LogP contribution >= 0.6 is 0 Å². The molecular weight excluding hydrogens is 116 g/mol. The SMILES string of the molecule is CCO[Si]C(C)(C)C. The number of rotatable bonds is 2. The van der Waals surface area contributed by atoms with Gasteiger partial charge in [0.1, 0.15) is 0 Å². The molecule has 0 aliphatic carbocycles. The van der Waals surface area contributed by atoms with Crippen molar-refractivity contribution in [2.75, 3.05) is 6.61 Å². The lowest BCUT2D eigenvalue weighted by Gasteiger charge is -2.14. The van der Waals surface area contributed by atoms with Gasteiger partial charge in [-0.2, -0.15) is 0 Å². The fourth-order valence-electron chi connectivity index (χ4n) is 0.289. The summed E-state index contributed by atoms with van der Waals surface area (Å²) in [4.78, 5) is 0. The lowest BCUT2D eigenvalue weighted by Crippen LogP contribution is -2.11. The monoisotopic (exact) mass is 130 g/mol. The highest BCUT2D eigenvalue weighted by atomic mass is 28.2. The minimum Gasteiger partial charge on any atom is -0.417 e. The average molecular weight is 130 g/mol. The molecule has 48 valence electrons. The second-order valence-corrected chi connectivity index (χ2v) is 4.78. The first kappa shape index (κ1) is 8.18. The first-order valence-corrected chi connectivity index (χ1v) is 3.86. The Kier molecular flexibility index (Phi) is 3.32. The van der Waals surface area contributed by atoms with E-state index in [9.17, 15) is 0 Å². The first-order chi connectivity index (χ1) is 3.56. The molecule has 0 aromatic rings. The number of hydrogen-bond donors (Lipinski definition) is 0. The lowest BCUT2D eigenvalue weighted by atomic mass is 10.3. The molecule has 0 saturated heterocycles. The van der Waals surface area contributed by atoms with Crippen LogP contribution in [0, 0.1) is 0 Å². The van der Waals surface area contributed by atoms with Gasteiger partial charge in [-0.05, 0) is 12.0 Å². The van der Waals surface area contributed by atoms with E-state index in [1.807, 2.05) is 6.92 Å². The fourth-order valence-corrected chi connectivity index (χ4v) is 0.866. The van der Waals surface area contributed by atoms with Crippen LogP contribution in [0.2, 0.25) is 5.04 Å². The van der Waals surface area contributed by atoms with Crippen LogP contribution < -0.4 is 0 Å². The molecule has 8 heavy (non-hydrogen) atoms. The summed E-state index contributed by atoms with van der Waals surface area (Å²) in [5.41, 5.74) is 0. The zero-order chi connectivity index (χ0) is 6.62. The van der Waals surface area contributed by atoms with Crippen LogP contribution in [0.15, 0.2) is 0 Å². The summed E-state index contributed by atoms with van der Waals surface area (Å²) in [5.74, 6) is 0. The minimum atomic E-state index is 0.357. The predicted octanol–water partition coefficient (Wildman–Crippen LogP) is 1.86. The summed E-state index contributed by atoms with van der Waals surface area (Å²) >= 11 is 0. The fraction of sp³-hybridized carbons (Fsp3) is 1.00. The second-order valence-electron chi connectivity index (χ2n) is 2.79. The molecule has 0 atom stereocenters. The van der Waals surface area contributed by atoms with Crippen molar-refractivity contribution < 1.29 is 4.43 Å². The maximum Gasteiger partial charge on any atom is 0.235 e. The van der Waals surface area contributed by atoms with E-state index in [4.69, 9.17) is 4.43 Å². The Labute approximate surface area is 54.4 Å². The summed E-state index contributed by atoms with van der Waals surface area (Å²) < 4.78 is 5.23. The average Bonchev–Trinajstić information content (AvgIpc) is 1.59. The Morgan fingerprint density at radius 1 is 1.38 bits per heavy atom. The zero-order valence-electron chi connectivity index (χ0n) is 6.12. The van der Waals surface area contributed by atoms with Gasteiger partial charge < -0.3 is 4.43 Å². The molecule has 0 aromatic heterocycles. The molecule has 0 bridgehead atoms. The van der Waals surface area contributed by atoms with Gasteiger partial charge >= 0.3 is 0 Å². The van der Waals surface area contributed by atoms with Gasteiger partial charge in [-0.25, -0.2) is 0 Å². The molecule has 0 fully saturated rings. The molecule has 0 aromatic carbocycles. The van der Waals surface area contributed by atoms with Gasteiger partial charge in [-0.1, -0.05) is 20.8 Å². The van der Waals surface area contributed by atoms with Gasteiger partial charge in [0.2, 0.25) is 9.76 Å². The molecule has 0 N–H and O–H groups in total. The van der Waals surface area contributed by atoms with Crippen molar-refractivity contribution in [1.82, 2.24) is 0 Å². The van der Waals surface area contributed by atoms with Crippen LogP contribution in [0.3, 0.4) is 0 Å². The maximum absolute atomic E-state index is 5.23. The van der Waals surface area contributed by atoms with Crippen LogP contribution in [-0.2, 0) is 4.43 Å². The second kappa shape index (κ2) is 3.25. The quantitative estimate of drug-likeness (QED) is 0.518. The van der Waals surface area contributed by atoms with E-state index in [0.29, 0.717) is 14.8 Å². The van der Waals surface area contributed by atoms with E-state index in [0.717, 1.165) is 6.61 Å². The van der Waals surface area contributed by atoms with E-state index in [1.165, 1.54) is 0 Å². The summed E-state index contributed by atoms with van der Waals surface area (Å²) in [7, 11) is 0.642. The molecule has 0 amide bonds. The molecule has 0 aliphatic heterocycles. The van der Waals surface area contributed by atoms with Crippen LogP contribution in [0.5, 0.6) is 0 Å². The Balaban J connectivity index is 3.11. The zero-order valence-corrected chi connectivity index (χ0v) is 7.12. The lowest BCUT2D eigenvalue weighted by molar-refractivity contribution is 0.343. The van der Waals surface area contributed by atoms with Crippen molar-refractivity contribution in [2.24, 2.45) is 0 Å². The Hall–Kier alpha value is 0.177. The van der Waals surface area contributed by atoms with Crippen LogP contribution in [0.4, 0.5) is 0 Å². The Morgan fingerprint density at radius 2 is 1.88 bits per heavy atom. The van der Waals surface area contributed by atoms with Crippen molar-refractivity contribution in [1.29, 1.82) is 0 Å². The molecule has 0 spiro atoms. The van der Waals surface area contributed by atoms with E-state index < -0.39 is 0 Å². The highest BCUT2D eigenvalue weighted by molar-refractivity contribution is 6.31. The Morgan fingerprint density at radius 3 is 2.00 bits per heavy atom. The largest absolute Gasteiger partial charge is 0.417 e. The van der Waals surface area contributed by atoms with Crippen LogP contribution in [0.25, 0.3) is 0 Å². The summed E-state index contributed by atoms with van der Waals surface area (Å²) in [6.07, 6.45) is 0. The van der Waals surface area contributed by atoms with E-state index in [-0.39, 0.29) is 0 Å². The smallest absolute Gasteiger partial charge is 0.235 e. The standard InChI is InChI=1S/C6H14OSi/c1-5-7-8-6(2,3)4/h5H2,1-4H3. The van der Waals surface area contributed by atoms with Crippen molar-refractivity contribution in [2.45, 2.75) is 32.7 Å². The van der Waals surface area contributed by atoms with Crippen molar-refractivity contribution in [3.8, 4) is 0 Å². The summed E-state index contributed by atoms with van der Waals surface area (Å²) in [6.45, 7) is 9.41. The Bertz CT molecular complexity index is 56.0. The van der Waals surface area contributed by atoms with E-state index in [1.54, 1.807) is 0 Å². The molecule has 0 saturated carbocycles. The number of hydrogen-bond acceptors (Lipinski definition) is 1. The summed E-state index contributed by atoms with van der Waals surface area (Å²) in [5, 5.41) is 0.357. The molecule has 0 rings (SSSR count). The molecular formula is C6H14OSi. The third-order valence-electron chi connectivity index (χ3n) is 0.523. The van der Waals surface area contributed by atoms with Gasteiger partial charge in [-0.3, -0.25) is 0 Å². The van der Waals surface area contributed by atoms with Crippen LogP contribution in [-0.4, -0.2) is 16.4 Å².